The third-order valence-corrected chi connectivity index (χ3v) is 2.00. The maximum Gasteiger partial charge on any atom is 0.320 e. The number of hydrogen-bond donors (Lipinski definition) is 3. The molecule has 0 aromatic carbocycles. The van der Waals surface area contributed by atoms with E-state index in [9.17, 15) is 4.79 Å². The van der Waals surface area contributed by atoms with Gasteiger partial charge in [-0.3, -0.25) is 5.32 Å². The van der Waals surface area contributed by atoms with Crippen LogP contribution in [-0.4, -0.2) is 28.8 Å². The van der Waals surface area contributed by atoms with Gasteiger partial charge < -0.3 is 10.4 Å². The lowest BCUT2D eigenvalue weighted by molar-refractivity contribution is 0.184. The van der Waals surface area contributed by atoms with Gasteiger partial charge in [0.1, 0.15) is 5.82 Å². The molecule has 0 unspecified atom stereocenters. The first-order chi connectivity index (χ1) is 7.58. The molecule has 0 radical (unpaired) electrons. The Hall–Kier alpha value is -1.62. The van der Waals surface area contributed by atoms with Gasteiger partial charge in [-0.1, -0.05) is 0 Å². The molecule has 0 aliphatic carbocycles. The van der Waals surface area contributed by atoms with Crippen LogP contribution in [0.1, 0.15) is 18.9 Å². The van der Waals surface area contributed by atoms with Crippen molar-refractivity contribution < 1.29 is 9.90 Å². The van der Waals surface area contributed by atoms with Crippen LogP contribution in [0.15, 0.2) is 18.3 Å². The van der Waals surface area contributed by atoms with Crippen molar-refractivity contribution in [1.82, 2.24) is 10.3 Å². The smallest absolute Gasteiger partial charge is 0.320 e. The molecule has 88 valence electrons. The molecular weight excluding hydrogens is 206 g/mol. The molecule has 1 rings (SSSR count). The second-order valence-electron chi connectivity index (χ2n) is 3.74. The number of amides is 2. The summed E-state index contributed by atoms with van der Waals surface area (Å²) in [4.78, 5) is 15.4. The standard InChI is InChI=1S/C11H17N3O2/c1-8-3-5-12-10(7-8)14-11(16)13-6-4-9(2)15/h3,5,7,9,15H,4,6H2,1-2H3,(H2,12,13,14,16)/t9-/m1/s1. The van der Waals surface area contributed by atoms with Crippen LogP contribution in [0, 0.1) is 6.92 Å². The number of carbonyl (C=O) groups excluding carboxylic acids is 1. The summed E-state index contributed by atoms with van der Waals surface area (Å²) in [6.45, 7) is 4.05. The minimum absolute atomic E-state index is 0.307. The summed E-state index contributed by atoms with van der Waals surface area (Å²) in [6, 6.07) is 3.34. The van der Waals surface area contributed by atoms with Crippen LogP contribution in [0.5, 0.6) is 0 Å². The molecule has 1 aromatic heterocycles. The molecular formula is C11H17N3O2. The van der Waals surface area contributed by atoms with E-state index in [1.54, 1.807) is 19.2 Å². The summed E-state index contributed by atoms with van der Waals surface area (Å²) in [5, 5.41) is 14.3. The number of carbonyl (C=O) groups is 1. The van der Waals surface area contributed by atoms with Crippen LogP contribution in [0.25, 0.3) is 0 Å². The van der Waals surface area contributed by atoms with Gasteiger partial charge in [-0.25, -0.2) is 9.78 Å². The van der Waals surface area contributed by atoms with Crippen LogP contribution >= 0.6 is 0 Å². The SMILES string of the molecule is Cc1ccnc(NC(=O)NCC[C@@H](C)O)c1. The summed E-state index contributed by atoms with van der Waals surface area (Å²) in [6.07, 6.45) is 1.77. The zero-order chi connectivity index (χ0) is 12.0. The van der Waals surface area contributed by atoms with E-state index in [0.717, 1.165) is 5.56 Å². The Balaban J connectivity index is 2.34. The molecule has 0 saturated heterocycles. The fourth-order valence-corrected chi connectivity index (χ4v) is 1.16. The Morgan fingerprint density at radius 1 is 1.62 bits per heavy atom. The van der Waals surface area contributed by atoms with E-state index < -0.39 is 6.10 Å². The highest BCUT2D eigenvalue weighted by molar-refractivity contribution is 5.88. The predicted octanol–water partition coefficient (Wildman–Crippen LogP) is 1.28. The Kier molecular flexibility index (Phi) is 4.72. The van der Waals surface area contributed by atoms with E-state index in [0.29, 0.717) is 18.8 Å². The number of nitrogens with one attached hydrogen (secondary N) is 2. The Bertz CT molecular complexity index is 353. The van der Waals surface area contributed by atoms with Crippen molar-refractivity contribution in [3.8, 4) is 0 Å². The van der Waals surface area contributed by atoms with Crippen LogP contribution in [0.3, 0.4) is 0 Å². The van der Waals surface area contributed by atoms with E-state index in [1.165, 1.54) is 0 Å². The fraction of sp³-hybridized carbons (Fsp3) is 0.455. The minimum atomic E-state index is -0.405. The maximum absolute atomic E-state index is 11.4. The molecule has 1 heterocycles. The molecule has 3 N–H and O–H groups in total. The van der Waals surface area contributed by atoms with Gasteiger partial charge in [0.15, 0.2) is 0 Å². The van der Waals surface area contributed by atoms with Crippen molar-refractivity contribution in [3.63, 3.8) is 0 Å². The van der Waals surface area contributed by atoms with Gasteiger partial charge in [0.25, 0.3) is 0 Å². The summed E-state index contributed by atoms with van der Waals surface area (Å²) in [7, 11) is 0. The summed E-state index contributed by atoms with van der Waals surface area (Å²) < 4.78 is 0. The van der Waals surface area contributed by atoms with Crippen molar-refractivity contribution in [2.45, 2.75) is 26.4 Å². The number of rotatable bonds is 4. The third kappa shape index (κ3) is 4.75. The van der Waals surface area contributed by atoms with Gasteiger partial charge >= 0.3 is 6.03 Å². The Morgan fingerprint density at radius 2 is 2.38 bits per heavy atom. The molecule has 5 nitrogen and oxygen atoms in total. The van der Waals surface area contributed by atoms with Crippen molar-refractivity contribution in [2.75, 3.05) is 11.9 Å². The molecule has 16 heavy (non-hydrogen) atoms. The van der Waals surface area contributed by atoms with Gasteiger partial charge in [0, 0.05) is 12.7 Å². The summed E-state index contributed by atoms with van der Waals surface area (Å²) >= 11 is 0. The third-order valence-electron chi connectivity index (χ3n) is 2.00. The highest BCUT2D eigenvalue weighted by Crippen LogP contribution is 2.04. The first-order valence-electron chi connectivity index (χ1n) is 5.23. The molecule has 0 aliphatic heterocycles. The summed E-state index contributed by atoms with van der Waals surface area (Å²) in [5.41, 5.74) is 1.04. The fourth-order valence-electron chi connectivity index (χ4n) is 1.16. The first kappa shape index (κ1) is 12.4. The zero-order valence-electron chi connectivity index (χ0n) is 9.53. The number of pyridine rings is 1. The van der Waals surface area contributed by atoms with Gasteiger partial charge in [-0.05, 0) is 38.0 Å². The van der Waals surface area contributed by atoms with Crippen molar-refractivity contribution >= 4 is 11.8 Å². The number of anilines is 1. The second kappa shape index (κ2) is 6.07. The molecule has 2 amide bonds. The number of aliphatic hydroxyl groups excluding tert-OH is 1. The lowest BCUT2D eigenvalue weighted by Gasteiger charge is -2.08. The van der Waals surface area contributed by atoms with E-state index in [4.69, 9.17) is 5.11 Å². The monoisotopic (exact) mass is 223 g/mol. The molecule has 5 heteroatoms. The molecule has 1 atom stereocenters. The molecule has 0 bridgehead atoms. The highest BCUT2D eigenvalue weighted by atomic mass is 16.3. The van der Waals surface area contributed by atoms with Crippen LogP contribution in [-0.2, 0) is 0 Å². The van der Waals surface area contributed by atoms with Crippen molar-refractivity contribution in [1.29, 1.82) is 0 Å². The van der Waals surface area contributed by atoms with E-state index in [1.807, 2.05) is 13.0 Å². The van der Waals surface area contributed by atoms with E-state index >= 15 is 0 Å². The number of aromatic nitrogens is 1. The number of nitrogens with zero attached hydrogens (tertiary/aromatic N) is 1. The van der Waals surface area contributed by atoms with Crippen LogP contribution in [0.4, 0.5) is 10.6 Å². The molecule has 0 aliphatic rings. The topological polar surface area (TPSA) is 74.2 Å². The highest BCUT2D eigenvalue weighted by Gasteiger charge is 2.02. The predicted molar refractivity (Wildman–Crippen MR) is 62.3 cm³/mol. The molecule has 0 fully saturated rings. The number of aryl methyl sites for hydroxylation is 1. The lowest BCUT2D eigenvalue weighted by atomic mass is 10.3. The first-order valence-corrected chi connectivity index (χ1v) is 5.23. The van der Waals surface area contributed by atoms with Crippen molar-refractivity contribution in [2.24, 2.45) is 0 Å². The number of aliphatic hydroxyl groups is 1. The van der Waals surface area contributed by atoms with Gasteiger partial charge in [-0.15, -0.1) is 0 Å². The number of urea groups is 1. The van der Waals surface area contributed by atoms with Crippen LogP contribution < -0.4 is 10.6 Å². The van der Waals surface area contributed by atoms with Gasteiger partial charge in [-0.2, -0.15) is 0 Å². The summed E-state index contributed by atoms with van der Waals surface area (Å²) in [5.74, 6) is 0.523. The molecule has 0 spiro atoms. The average Bonchev–Trinajstić information content (AvgIpc) is 2.16. The largest absolute Gasteiger partial charge is 0.393 e. The lowest BCUT2D eigenvalue weighted by Crippen LogP contribution is -2.31. The Morgan fingerprint density at radius 3 is 3.00 bits per heavy atom. The quantitative estimate of drug-likeness (QED) is 0.720. The van der Waals surface area contributed by atoms with Crippen LogP contribution in [0.2, 0.25) is 0 Å². The second-order valence-corrected chi connectivity index (χ2v) is 3.74. The van der Waals surface area contributed by atoms with Crippen molar-refractivity contribution in [3.05, 3.63) is 23.9 Å². The minimum Gasteiger partial charge on any atom is -0.393 e. The normalized spacial score (nSPS) is 11.9. The Labute approximate surface area is 94.9 Å². The van der Waals surface area contributed by atoms with Gasteiger partial charge in [0.05, 0.1) is 6.10 Å². The molecule has 1 aromatic rings. The zero-order valence-corrected chi connectivity index (χ0v) is 9.53. The van der Waals surface area contributed by atoms with Gasteiger partial charge in [0.2, 0.25) is 0 Å². The maximum atomic E-state index is 11.4. The van der Waals surface area contributed by atoms with E-state index in [-0.39, 0.29) is 6.03 Å². The average molecular weight is 223 g/mol. The van der Waals surface area contributed by atoms with E-state index in [2.05, 4.69) is 15.6 Å². The number of hydrogen-bond acceptors (Lipinski definition) is 3. The molecule has 0 saturated carbocycles.